The lowest BCUT2D eigenvalue weighted by Gasteiger charge is -2.33. The van der Waals surface area contributed by atoms with Crippen LogP contribution in [0.25, 0.3) is 11.0 Å². The average Bonchev–Trinajstić information content (AvgIpc) is 2.78. The molecule has 150 valence electrons. The maximum absolute atomic E-state index is 12.8. The minimum absolute atomic E-state index is 0.00352. The quantitative estimate of drug-likeness (QED) is 0.694. The Labute approximate surface area is 172 Å². The van der Waals surface area contributed by atoms with Crippen LogP contribution in [-0.2, 0) is 11.2 Å². The van der Waals surface area contributed by atoms with E-state index in [4.69, 9.17) is 4.98 Å². The summed E-state index contributed by atoms with van der Waals surface area (Å²) in [5, 5.41) is 3.22. The summed E-state index contributed by atoms with van der Waals surface area (Å²) in [6.07, 6.45) is 5.67. The van der Waals surface area contributed by atoms with Gasteiger partial charge in [0.15, 0.2) is 0 Å². The predicted octanol–water partition coefficient (Wildman–Crippen LogP) is 3.98. The Morgan fingerprint density at radius 3 is 2.72 bits per heavy atom. The molecule has 1 N–H and O–H groups in total. The zero-order chi connectivity index (χ0) is 20.1. The summed E-state index contributed by atoms with van der Waals surface area (Å²) in [5.41, 5.74) is 3.10. The highest BCUT2D eigenvalue weighted by Crippen LogP contribution is 2.23. The van der Waals surface area contributed by atoms with E-state index in [0.29, 0.717) is 6.54 Å². The van der Waals surface area contributed by atoms with E-state index in [-0.39, 0.29) is 17.9 Å². The number of para-hydroxylation sites is 2. The molecule has 2 atom stereocenters. The largest absolute Gasteiger partial charge is 0.355 e. The van der Waals surface area contributed by atoms with Crippen LogP contribution in [0, 0.1) is 5.92 Å². The van der Waals surface area contributed by atoms with Gasteiger partial charge in [-0.25, -0.2) is 4.98 Å². The summed E-state index contributed by atoms with van der Waals surface area (Å²) < 4.78 is 0. The summed E-state index contributed by atoms with van der Waals surface area (Å²) >= 11 is 0. The Balaban J connectivity index is 1.34. The Bertz CT molecular complexity index is 959. The van der Waals surface area contributed by atoms with Gasteiger partial charge in [-0.1, -0.05) is 42.5 Å². The maximum Gasteiger partial charge on any atom is 0.225 e. The number of amides is 1. The van der Waals surface area contributed by atoms with Crippen LogP contribution < -0.4 is 10.2 Å². The topological polar surface area (TPSA) is 58.1 Å². The van der Waals surface area contributed by atoms with Crippen molar-refractivity contribution in [3.63, 3.8) is 0 Å². The molecule has 0 aliphatic carbocycles. The van der Waals surface area contributed by atoms with Crippen molar-refractivity contribution in [2.75, 3.05) is 18.0 Å². The third-order valence-electron chi connectivity index (χ3n) is 5.65. The number of piperidine rings is 1. The van der Waals surface area contributed by atoms with Crippen LogP contribution in [0.5, 0.6) is 0 Å². The molecule has 0 radical (unpaired) electrons. The number of carbonyl (C=O) groups is 1. The Morgan fingerprint density at radius 2 is 1.90 bits per heavy atom. The van der Waals surface area contributed by atoms with Crippen molar-refractivity contribution >= 4 is 22.8 Å². The second-order valence-electron chi connectivity index (χ2n) is 7.94. The zero-order valence-corrected chi connectivity index (χ0v) is 16.9. The minimum atomic E-state index is -0.00352. The highest BCUT2D eigenvalue weighted by molar-refractivity contribution is 5.80. The molecule has 0 saturated carbocycles. The van der Waals surface area contributed by atoms with Crippen molar-refractivity contribution in [2.24, 2.45) is 5.92 Å². The van der Waals surface area contributed by atoms with Gasteiger partial charge in [-0.3, -0.25) is 9.78 Å². The molecule has 2 heterocycles. The van der Waals surface area contributed by atoms with E-state index in [2.05, 4.69) is 46.4 Å². The van der Waals surface area contributed by atoms with E-state index in [1.165, 1.54) is 5.56 Å². The van der Waals surface area contributed by atoms with Crippen LogP contribution in [0.15, 0.2) is 60.8 Å². The standard InChI is InChI=1S/C24H28N4O/c1-18(13-14-19-8-3-2-4-9-19)26-24(29)20-10-7-15-28(17-20)23-16-25-21-11-5-6-12-22(21)27-23/h2-6,8-9,11-12,16,18,20H,7,10,13-15,17H2,1H3,(H,26,29). The van der Waals surface area contributed by atoms with Crippen molar-refractivity contribution < 1.29 is 4.79 Å². The van der Waals surface area contributed by atoms with Crippen molar-refractivity contribution in [1.29, 1.82) is 0 Å². The van der Waals surface area contributed by atoms with E-state index < -0.39 is 0 Å². The molecule has 4 rings (SSSR count). The lowest BCUT2D eigenvalue weighted by molar-refractivity contribution is -0.125. The molecule has 0 bridgehead atoms. The zero-order valence-electron chi connectivity index (χ0n) is 16.9. The molecule has 3 aromatic rings. The molecule has 5 nitrogen and oxygen atoms in total. The highest BCUT2D eigenvalue weighted by Gasteiger charge is 2.27. The van der Waals surface area contributed by atoms with Gasteiger partial charge < -0.3 is 10.2 Å². The number of hydrogen-bond donors (Lipinski definition) is 1. The molecular formula is C24H28N4O. The molecule has 5 heteroatoms. The minimum Gasteiger partial charge on any atom is -0.355 e. The summed E-state index contributed by atoms with van der Waals surface area (Å²) in [4.78, 5) is 24.3. The van der Waals surface area contributed by atoms with Gasteiger partial charge in [-0.05, 0) is 50.3 Å². The van der Waals surface area contributed by atoms with Gasteiger partial charge in [0, 0.05) is 19.1 Å². The third kappa shape index (κ3) is 4.91. The van der Waals surface area contributed by atoms with Crippen molar-refractivity contribution in [3.05, 3.63) is 66.4 Å². The Morgan fingerprint density at radius 1 is 1.14 bits per heavy atom. The van der Waals surface area contributed by atoms with Crippen LogP contribution >= 0.6 is 0 Å². The van der Waals surface area contributed by atoms with Gasteiger partial charge in [0.25, 0.3) is 0 Å². The molecule has 1 aliphatic heterocycles. The first-order chi connectivity index (χ1) is 14.2. The lowest BCUT2D eigenvalue weighted by atomic mass is 9.96. The van der Waals surface area contributed by atoms with Gasteiger partial charge >= 0.3 is 0 Å². The number of benzene rings is 2. The third-order valence-corrected chi connectivity index (χ3v) is 5.65. The first-order valence-corrected chi connectivity index (χ1v) is 10.5. The molecule has 2 unspecified atom stereocenters. The number of hydrogen-bond acceptors (Lipinski definition) is 4. The average molecular weight is 389 g/mol. The number of nitrogens with one attached hydrogen (secondary N) is 1. The predicted molar refractivity (Wildman–Crippen MR) is 117 cm³/mol. The fourth-order valence-electron chi connectivity index (χ4n) is 3.96. The van der Waals surface area contributed by atoms with Crippen LogP contribution in [0.1, 0.15) is 31.7 Å². The number of aryl methyl sites for hydroxylation is 1. The second kappa shape index (κ2) is 9.03. The summed E-state index contributed by atoms with van der Waals surface area (Å²) in [6.45, 7) is 3.71. The van der Waals surface area contributed by atoms with Gasteiger partial charge in [-0.15, -0.1) is 0 Å². The summed E-state index contributed by atoms with van der Waals surface area (Å²) in [6, 6.07) is 18.5. The van der Waals surface area contributed by atoms with E-state index in [9.17, 15) is 4.79 Å². The van der Waals surface area contributed by atoms with E-state index in [0.717, 1.165) is 49.1 Å². The molecule has 1 aromatic heterocycles. The van der Waals surface area contributed by atoms with Crippen molar-refractivity contribution in [3.8, 4) is 0 Å². The molecular weight excluding hydrogens is 360 g/mol. The van der Waals surface area contributed by atoms with Gasteiger partial charge in [-0.2, -0.15) is 0 Å². The normalized spacial score (nSPS) is 17.8. The maximum atomic E-state index is 12.8. The summed E-state index contributed by atoms with van der Waals surface area (Å²) in [7, 11) is 0. The second-order valence-corrected chi connectivity index (χ2v) is 7.94. The smallest absolute Gasteiger partial charge is 0.225 e. The van der Waals surface area contributed by atoms with Crippen LogP contribution in [-0.4, -0.2) is 35.0 Å². The number of anilines is 1. The Hall–Kier alpha value is -2.95. The van der Waals surface area contributed by atoms with E-state index in [1.807, 2.05) is 36.5 Å². The Kier molecular flexibility index (Phi) is 6.03. The van der Waals surface area contributed by atoms with Crippen LogP contribution in [0.2, 0.25) is 0 Å². The lowest BCUT2D eigenvalue weighted by Crippen LogP contribution is -2.45. The molecule has 1 aliphatic rings. The fourth-order valence-corrected chi connectivity index (χ4v) is 3.96. The van der Waals surface area contributed by atoms with Crippen LogP contribution in [0.4, 0.5) is 5.82 Å². The first kappa shape index (κ1) is 19.4. The first-order valence-electron chi connectivity index (χ1n) is 10.5. The SMILES string of the molecule is CC(CCc1ccccc1)NC(=O)C1CCCN(c2cnc3ccccc3n2)C1. The molecule has 1 fully saturated rings. The van der Waals surface area contributed by atoms with Crippen LogP contribution in [0.3, 0.4) is 0 Å². The molecule has 1 amide bonds. The number of nitrogens with zero attached hydrogens (tertiary/aromatic N) is 3. The number of rotatable bonds is 6. The summed E-state index contributed by atoms with van der Waals surface area (Å²) in [5.74, 6) is 1.01. The van der Waals surface area contributed by atoms with Gasteiger partial charge in [0.05, 0.1) is 23.1 Å². The number of fused-ring (bicyclic) bond motifs is 1. The van der Waals surface area contributed by atoms with E-state index >= 15 is 0 Å². The highest BCUT2D eigenvalue weighted by atomic mass is 16.2. The molecule has 29 heavy (non-hydrogen) atoms. The fraction of sp³-hybridized carbons (Fsp3) is 0.375. The van der Waals surface area contributed by atoms with E-state index in [1.54, 1.807) is 0 Å². The monoisotopic (exact) mass is 388 g/mol. The number of carbonyl (C=O) groups excluding carboxylic acids is 1. The molecule has 0 spiro atoms. The molecule has 2 aromatic carbocycles. The van der Waals surface area contributed by atoms with Crippen molar-refractivity contribution in [1.82, 2.24) is 15.3 Å². The number of aromatic nitrogens is 2. The van der Waals surface area contributed by atoms with Gasteiger partial charge in [0.2, 0.25) is 5.91 Å². The molecule has 1 saturated heterocycles. The van der Waals surface area contributed by atoms with Crippen molar-refractivity contribution in [2.45, 2.75) is 38.6 Å². The van der Waals surface area contributed by atoms with Gasteiger partial charge in [0.1, 0.15) is 5.82 Å².